The SMILES string of the molecule is CC.CC.CC(C)(O)O.CCC(O)(OC(C)COC(C)=O)c1ccc2c(N)ncnn12. The van der Waals surface area contributed by atoms with Gasteiger partial charge in [-0.1, -0.05) is 34.6 Å². The molecule has 2 unspecified atom stereocenters. The van der Waals surface area contributed by atoms with Crippen molar-refractivity contribution >= 4 is 17.3 Å². The second kappa shape index (κ2) is 14.7. The number of ether oxygens (including phenoxy) is 2. The molecule has 0 amide bonds. The van der Waals surface area contributed by atoms with E-state index >= 15 is 0 Å². The number of hydrogen-bond acceptors (Lipinski definition) is 9. The maximum Gasteiger partial charge on any atom is 0.302 e. The van der Waals surface area contributed by atoms with Gasteiger partial charge in [0.2, 0.25) is 5.79 Å². The molecule has 10 heteroatoms. The van der Waals surface area contributed by atoms with Gasteiger partial charge in [0.25, 0.3) is 0 Å². The van der Waals surface area contributed by atoms with Crippen molar-refractivity contribution in [2.75, 3.05) is 12.3 Å². The fraction of sp³-hybridized carbons (Fsp3) is 0.667. The minimum absolute atomic E-state index is 0.0536. The van der Waals surface area contributed by atoms with Gasteiger partial charge in [0.1, 0.15) is 24.1 Å². The molecule has 5 N–H and O–H groups in total. The quantitative estimate of drug-likeness (QED) is 0.389. The van der Waals surface area contributed by atoms with Gasteiger partial charge in [-0.3, -0.25) is 4.79 Å². The van der Waals surface area contributed by atoms with Gasteiger partial charge >= 0.3 is 5.97 Å². The van der Waals surface area contributed by atoms with Gasteiger partial charge < -0.3 is 30.5 Å². The Hall–Kier alpha value is -2.27. The molecule has 0 aromatic carbocycles. The van der Waals surface area contributed by atoms with Crippen molar-refractivity contribution in [1.82, 2.24) is 14.6 Å². The van der Waals surface area contributed by atoms with Crippen LogP contribution in [-0.4, -0.2) is 54.4 Å². The van der Waals surface area contributed by atoms with E-state index in [9.17, 15) is 9.90 Å². The van der Waals surface area contributed by atoms with Crippen molar-refractivity contribution in [2.24, 2.45) is 0 Å². The number of nitrogens with two attached hydrogens (primary N) is 1. The standard InChI is InChI=1S/C14H20N4O4.C3H8O2.2C2H6/c1-4-14(20,22-9(2)7-21-10(3)19)12-6-5-11-13(15)16-8-17-18(11)12;1-3(2,4)5;2*1-2/h5-6,8-9,20H,4,7H2,1-3H3,(H2,15,16,17);4-5H,1-2H3;2*1-2H3. The minimum Gasteiger partial charge on any atom is -0.463 e. The van der Waals surface area contributed by atoms with Crippen LogP contribution in [0.2, 0.25) is 0 Å². The minimum atomic E-state index is -1.58. The number of hydrogen-bond donors (Lipinski definition) is 4. The largest absolute Gasteiger partial charge is 0.463 e. The lowest BCUT2D eigenvalue weighted by Gasteiger charge is -2.29. The summed E-state index contributed by atoms with van der Waals surface area (Å²) in [5.41, 5.74) is 6.81. The summed E-state index contributed by atoms with van der Waals surface area (Å²) in [6, 6.07) is 3.40. The predicted octanol–water partition coefficient (Wildman–Crippen LogP) is 2.59. The number of nitrogen functional groups attached to an aromatic ring is 1. The Morgan fingerprint density at radius 1 is 1.19 bits per heavy atom. The third kappa shape index (κ3) is 11.6. The molecule has 10 nitrogen and oxygen atoms in total. The van der Waals surface area contributed by atoms with E-state index in [1.165, 1.54) is 31.6 Å². The summed E-state index contributed by atoms with van der Waals surface area (Å²) in [6.07, 6.45) is 1.11. The molecule has 0 saturated carbocycles. The van der Waals surface area contributed by atoms with Crippen LogP contribution < -0.4 is 5.73 Å². The van der Waals surface area contributed by atoms with Crippen LogP contribution >= 0.6 is 0 Å². The average Bonchev–Trinajstić information content (AvgIpc) is 3.14. The van der Waals surface area contributed by atoms with Crippen molar-refractivity contribution < 1.29 is 29.6 Å². The van der Waals surface area contributed by atoms with E-state index in [4.69, 9.17) is 25.4 Å². The Labute approximate surface area is 185 Å². The normalized spacial score (nSPS) is 13.3. The lowest BCUT2D eigenvalue weighted by atomic mass is 10.1. The highest BCUT2D eigenvalue weighted by atomic mass is 16.6. The van der Waals surface area contributed by atoms with Crippen molar-refractivity contribution in [1.29, 1.82) is 0 Å². The van der Waals surface area contributed by atoms with Crippen molar-refractivity contribution in [2.45, 2.75) is 86.4 Å². The molecule has 2 heterocycles. The van der Waals surface area contributed by atoms with Gasteiger partial charge in [0.15, 0.2) is 11.6 Å². The molecule has 31 heavy (non-hydrogen) atoms. The molecule has 0 bridgehead atoms. The average molecular weight is 445 g/mol. The zero-order chi connectivity index (χ0) is 24.8. The maximum absolute atomic E-state index is 10.8. The number of aliphatic hydroxyl groups is 3. The van der Waals surface area contributed by atoms with Gasteiger partial charge in [-0.05, 0) is 32.9 Å². The topological polar surface area (TPSA) is 152 Å². The van der Waals surface area contributed by atoms with Gasteiger partial charge in [-0.15, -0.1) is 0 Å². The molecular weight excluding hydrogens is 404 g/mol. The van der Waals surface area contributed by atoms with E-state index in [0.717, 1.165) is 0 Å². The van der Waals surface area contributed by atoms with E-state index in [1.54, 1.807) is 26.0 Å². The fourth-order valence-electron chi connectivity index (χ4n) is 2.17. The van der Waals surface area contributed by atoms with Gasteiger partial charge in [-0.2, -0.15) is 5.10 Å². The summed E-state index contributed by atoms with van der Waals surface area (Å²) in [7, 11) is 0. The zero-order valence-corrected chi connectivity index (χ0v) is 20.2. The molecule has 0 spiro atoms. The monoisotopic (exact) mass is 444 g/mol. The van der Waals surface area contributed by atoms with Crippen LogP contribution in [0.5, 0.6) is 0 Å². The Morgan fingerprint density at radius 3 is 2.16 bits per heavy atom. The number of carbonyl (C=O) groups excluding carboxylic acids is 1. The second-order valence-electron chi connectivity index (χ2n) is 6.52. The van der Waals surface area contributed by atoms with E-state index in [-0.39, 0.29) is 13.0 Å². The first-order chi connectivity index (χ1) is 14.4. The Bertz CT molecular complexity index is 754. The third-order valence-corrected chi connectivity index (χ3v) is 3.28. The molecule has 0 aliphatic carbocycles. The van der Waals surface area contributed by atoms with E-state index in [2.05, 4.69) is 10.1 Å². The molecule has 2 aromatic rings. The van der Waals surface area contributed by atoms with Gasteiger partial charge in [-0.25, -0.2) is 9.50 Å². The van der Waals surface area contributed by atoms with Crippen LogP contribution in [0.25, 0.3) is 5.52 Å². The third-order valence-electron chi connectivity index (χ3n) is 3.28. The number of fused-ring (bicyclic) bond motifs is 1. The van der Waals surface area contributed by atoms with Crippen molar-refractivity contribution in [3.05, 3.63) is 24.2 Å². The van der Waals surface area contributed by atoms with Crippen LogP contribution in [0.3, 0.4) is 0 Å². The van der Waals surface area contributed by atoms with Crippen LogP contribution in [0, 0.1) is 0 Å². The highest BCUT2D eigenvalue weighted by Gasteiger charge is 2.34. The highest BCUT2D eigenvalue weighted by Crippen LogP contribution is 2.30. The number of aromatic nitrogens is 3. The van der Waals surface area contributed by atoms with Crippen LogP contribution in [0.1, 0.15) is 74.4 Å². The van der Waals surface area contributed by atoms with Crippen LogP contribution in [0.4, 0.5) is 5.82 Å². The molecular formula is C21H40N4O6. The molecule has 0 aliphatic rings. The number of rotatable bonds is 6. The molecule has 180 valence electrons. The molecule has 2 atom stereocenters. The predicted molar refractivity (Wildman–Crippen MR) is 120 cm³/mol. The van der Waals surface area contributed by atoms with Crippen LogP contribution in [0.15, 0.2) is 18.5 Å². The first kappa shape index (κ1) is 30.9. The molecule has 2 aromatic heterocycles. The van der Waals surface area contributed by atoms with E-state index < -0.39 is 23.6 Å². The molecule has 0 fully saturated rings. The molecule has 0 saturated heterocycles. The van der Waals surface area contributed by atoms with E-state index in [0.29, 0.717) is 17.0 Å². The zero-order valence-electron chi connectivity index (χ0n) is 20.2. The van der Waals surface area contributed by atoms with E-state index in [1.807, 2.05) is 27.7 Å². The lowest BCUT2D eigenvalue weighted by Crippen LogP contribution is -2.36. The van der Waals surface area contributed by atoms with Crippen molar-refractivity contribution in [3.8, 4) is 0 Å². The Morgan fingerprint density at radius 2 is 1.71 bits per heavy atom. The summed E-state index contributed by atoms with van der Waals surface area (Å²) in [6.45, 7) is 15.5. The highest BCUT2D eigenvalue weighted by molar-refractivity contribution is 5.66. The van der Waals surface area contributed by atoms with Crippen LogP contribution in [-0.2, 0) is 20.1 Å². The Kier molecular flexibility index (Phi) is 14.6. The van der Waals surface area contributed by atoms with Gasteiger partial charge in [0, 0.05) is 13.3 Å². The van der Waals surface area contributed by atoms with Crippen molar-refractivity contribution in [3.63, 3.8) is 0 Å². The first-order valence-corrected chi connectivity index (χ1v) is 10.4. The molecule has 0 aliphatic heterocycles. The maximum atomic E-state index is 10.8. The summed E-state index contributed by atoms with van der Waals surface area (Å²) < 4.78 is 12.1. The number of anilines is 1. The summed E-state index contributed by atoms with van der Waals surface area (Å²) in [5, 5.41) is 31.1. The lowest BCUT2D eigenvalue weighted by molar-refractivity contribution is -0.247. The van der Waals surface area contributed by atoms with Gasteiger partial charge in [0.05, 0.1) is 6.10 Å². The Balaban J connectivity index is 0. The smallest absolute Gasteiger partial charge is 0.302 e. The first-order valence-electron chi connectivity index (χ1n) is 10.4. The second-order valence-corrected chi connectivity index (χ2v) is 6.52. The number of esters is 1. The number of carbonyl (C=O) groups is 1. The summed E-state index contributed by atoms with van der Waals surface area (Å²) in [5.74, 6) is -3.16. The summed E-state index contributed by atoms with van der Waals surface area (Å²) >= 11 is 0. The summed E-state index contributed by atoms with van der Waals surface area (Å²) in [4.78, 5) is 14.8. The number of nitrogens with zero attached hydrogens (tertiary/aromatic N) is 3. The fourth-order valence-corrected chi connectivity index (χ4v) is 2.17. The molecule has 2 rings (SSSR count). The molecule has 0 radical (unpaired) electrons.